The number of thiol groups is 1. The molecule has 0 radical (unpaired) electrons. The summed E-state index contributed by atoms with van der Waals surface area (Å²) in [6.45, 7) is 3.54. The van der Waals surface area contributed by atoms with E-state index in [-0.39, 0.29) is 18.1 Å². The molecule has 0 bridgehead atoms. The van der Waals surface area contributed by atoms with Gasteiger partial charge in [0.25, 0.3) is 0 Å². The Morgan fingerprint density at radius 2 is 1.45 bits per heavy atom. The summed E-state index contributed by atoms with van der Waals surface area (Å²) in [5.41, 5.74) is 1.59. The van der Waals surface area contributed by atoms with Gasteiger partial charge in [-0.2, -0.15) is 12.6 Å². The van der Waals surface area contributed by atoms with Gasteiger partial charge in [0.15, 0.2) is 0 Å². The molecule has 2 amide bonds. The minimum atomic E-state index is -1.19. The molecular formula is C23H28N2O5S. The smallest absolute Gasteiger partial charge is 0.326 e. The molecule has 0 aliphatic rings. The summed E-state index contributed by atoms with van der Waals surface area (Å²) in [6, 6.07) is 13.4. The highest BCUT2D eigenvalue weighted by Crippen LogP contribution is 2.13. The van der Waals surface area contributed by atoms with Crippen LogP contribution in [0.3, 0.4) is 0 Å². The van der Waals surface area contributed by atoms with Gasteiger partial charge in [0.1, 0.15) is 17.8 Å². The van der Waals surface area contributed by atoms with Gasteiger partial charge < -0.3 is 20.8 Å². The molecule has 2 aromatic carbocycles. The number of nitrogens with one attached hydrogen (secondary N) is 2. The Morgan fingerprint density at radius 1 is 0.871 bits per heavy atom. The Labute approximate surface area is 187 Å². The number of aromatic hydroxyl groups is 1. The monoisotopic (exact) mass is 444 g/mol. The number of carboxylic acid groups (broad SMARTS) is 1. The van der Waals surface area contributed by atoms with E-state index in [0.29, 0.717) is 12.0 Å². The zero-order valence-corrected chi connectivity index (χ0v) is 18.4. The summed E-state index contributed by atoms with van der Waals surface area (Å²) in [6.07, 6.45) is 0.449. The molecule has 166 valence electrons. The number of benzene rings is 2. The van der Waals surface area contributed by atoms with Gasteiger partial charge >= 0.3 is 5.97 Å². The standard InChI is InChI=1S/C23H28N2O5S/c1-14(2)20(25-21(27)19(31)13-15-6-4-3-5-7-15)22(28)24-18(23(29)30)12-16-8-10-17(26)11-9-16/h3-11,14,18-20,26,31H,12-13H2,1-2H3,(H,24,28)(H,25,27)(H,29,30). The average molecular weight is 445 g/mol. The van der Waals surface area contributed by atoms with E-state index in [1.54, 1.807) is 26.0 Å². The second-order valence-corrected chi connectivity index (χ2v) is 8.33. The van der Waals surface area contributed by atoms with Crippen molar-refractivity contribution < 1.29 is 24.6 Å². The summed E-state index contributed by atoms with van der Waals surface area (Å²) in [5, 5.41) is 23.5. The van der Waals surface area contributed by atoms with E-state index in [1.807, 2.05) is 30.3 Å². The van der Waals surface area contributed by atoms with Gasteiger partial charge in [0.2, 0.25) is 11.8 Å². The van der Waals surface area contributed by atoms with E-state index in [1.165, 1.54) is 12.1 Å². The molecule has 4 N–H and O–H groups in total. The van der Waals surface area contributed by atoms with Gasteiger partial charge in [-0.25, -0.2) is 4.79 Å². The molecule has 0 aromatic heterocycles. The first-order valence-electron chi connectivity index (χ1n) is 10.0. The molecule has 0 fully saturated rings. The van der Waals surface area contributed by atoms with Crippen LogP contribution in [0.25, 0.3) is 0 Å². The van der Waals surface area contributed by atoms with Crippen molar-refractivity contribution in [2.45, 2.75) is 44.0 Å². The van der Waals surface area contributed by atoms with Crippen LogP contribution >= 0.6 is 12.6 Å². The van der Waals surface area contributed by atoms with Crippen LogP contribution in [-0.2, 0) is 27.2 Å². The van der Waals surface area contributed by atoms with E-state index >= 15 is 0 Å². The maximum atomic E-state index is 12.8. The quantitative estimate of drug-likeness (QED) is 0.360. The lowest BCUT2D eigenvalue weighted by atomic mass is 10.0. The minimum Gasteiger partial charge on any atom is -0.508 e. The summed E-state index contributed by atoms with van der Waals surface area (Å²) in [4.78, 5) is 37.1. The third-order valence-corrected chi connectivity index (χ3v) is 5.23. The van der Waals surface area contributed by atoms with Crippen molar-refractivity contribution in [3.8, 4) is 5.75 Å². The topological polar surface area (TPSA) is 116 Å². The summed E-state index contributed by atoms with van der Waals surface area (Å²) in [7, 11) is 0. The van der Waals surface area contributed by atoms with Crippen molar-refractivity contribution in [1.82, 2.24) is 10.6 Å². The first kappa shape index (κ1) is 24.3. The van der Waals surface area contributed by atoms with Gasteiger partial charge in [-0.05, 0) is 35.6 Å². The Hall–Kier alpha value is -3.00. The molecular weight excluding hydrogens is 416 g/mol. The van der Waals surface area contributed by atoms with Crippen LogP contribution in [0.4, 0.5) is 0 Å². The maximum Gasteiger partial charge on any atom is 0.326 e. The van der Waals surface area contributed by atoms with Gasteiger partial charge in [-0.3, -0.25) is 9.59 Å². The molecule has 0 aliphatic heterocycles. The summed E-state index contributed by atoms with van der Waals surface area (Å²) >= 11 is 4.37. The Kier molecular flexibility index (Phi) is 8.93. The van der Waals surface area contributed by atoms with Crippen molar-refractivity contribution in [1.29, 1.82) is 0 Å². The van der Waals surface area contributed by atoms with Gasteiger partial charge in [-0.15, -0.1) is 0 Å². The highest BCUT2D eigenvalue weighted by atomic mass is 32.1. The fourth-order valence-electron chi connectivity index (χ4n) is 3.04. The maximum absolute atomic E-state index is 12.8. The zero-order valence-electron chi connectivity index (χ0n) is 17.5. The van der Waals surface area contributed by atoms with Crippen LogP contribution in [0, 0.1) is 5.92 Å². The molecule has 0 aliphatic carbocycles. The number of aliphatic carboxylic acids is 1. The Balaban J connectivity index is 2.02. The van der Waals surface area contributed by atoms with Crippen LogP contribution in [0.2, 0.25) is 0 Å². The second kappa shape index (κ2) is 11.4. The number of hydrogen-bond acceptors (Lipinski definition) is 5. The lowest BCUT2D eigenvalue weighted by Crippen LogP contribution is -2.55. The lowest BCUT2D eigenvalue weighted by Gasteiger charge is -2.25. The molecule has 0 saturated heterocycles. The molecule has 3 unspecified atom stereocenters. The van der Waals surface area contributed by atoms with E-state index in [0.717, 1.165) is 5.56 Å². The number of carboxylic acids is 1. The number of carbonyl (C=O) groups excluding carboxylic acids is 2. The molecule has 7 nitrogen and oxygen atoms in total. The predicted molar refractivity (Wildman–Crippen MR) is 121 cm³/mol. The molecule has 3 atom stereocenters. The summed E-state index contributed by atoms with van der Waals surface area (Å²) < 4.78 is 0. The van der Waals surface area contributed by atoms with Crippen LogP contribution < -0.4 is 10.6 Å². The van der Waals surface area contributed by atoms with Crippen LogP contribution in [-0.4, -0.2) is 45.3 Å². The van der Waals surface area contributed by atoms with E-state index in [9.17, 15) is 24.6 Å². The normalized spacial score (nSPS) is 13.8. The highest BCUT2D eigenvalue weighted by Gasteiger charge is 2.30. The van der Waals surface area contributed by atoms with Crippen molar-refractivity contribution >= 4 is 30.4 Å². The molecule has 0 heterocycles. The Bertz CT molecular complexity index is 887. The predicted octanol–water partition coefficient (Wildman–Crippen LogP) is 2.19. The fourth-order valence-corrected chi connectivity index (χ4v) is 3.33. The minimum absolute atomic E-state index is 0.0450. The van der Waals surface area contributed by atoms with Crippen molar-refractivity contribution in [2.75, 3.05) is 0 Å². The molecule has 0 spiro atoms. The average Bonchev–Trinajstić information content (AvgIpc) is 2.73. The zero-order chi connectivity index (χ0) is 23.0. The van der Waals surface area contributed by atoms with Crippen molar-refractivity contribution in [2.24, 2.45) is 5.92 Å². The Morgan fingerprint density at radius 3 is 2.00 bits per heavy atom. The number of phenolic OH excluding ortho intramolecular Hbond substituents is 1. The largest absolute Gasteiger partial charge is 0.508 e. The first-order chi connectivity index (χ1) is 14.7. The fraction of sp³-hybridized carbons (Fsp3) is 0.348. The highest BCUT2D eigenvalue weighted by molar-refractivity contribution is 7.81. The SMILES string of the molecule is CC(C)C(NC(=O)C(S)Cc1ccccc1)C(=O)NC(Cc1ccc(O)cc1)C(=O)O. The number of amides is 2. The number of carbonyl (C=O) groups is 3. The number of hydrogen-bond donors (Lipinski definition) is 5. The summed E-state index contributed by atoms with van der Waals surface area (Å²) in [5.74, 6) is -2.35. The van der Waals surface area contributed by atoms with Crippen LogP contribution in [0.15, 0.2) is 54.6 Å². The molecule has 0 saturated carbocycles. The van der Waals surface area contributed by atoms with Crippen LogP contribution in [0.1, 0.15) is 25.0 Å². The van der Waals surface area contributed by atoms with E-state index < -0.39 is 35.1 Å². The van der Waals surface area contributed by atoms with Crippen molar-refractivity contribution in [3.63, 3.8) is 0 Å². The third kappa shape index (κ3) is 7.64. The van der Waals surface area contributed by atoms with Gasteiger partial charge in [-0.1, -0.05) is 56.3 Å². The number of rotatable bonds is 10. The van der Waals surface area contributed by atoms with E-state index in [2.05, 4.69) is 23.3 Å². The van der Waals surface area contributed by atoms with Crippen LogP contribution in [0.5, 0.6) is 5.75 Å². The first-order valence-corrected chi connectivity index (χ1v) is 10.5. The van der Waals surface area contributed by atoms with Gasteiger partial charge in [0.05, 0.1) is 5.25 Å². The molecule has 8 heteroatoms. The third-order valence-electron chi connectivity index (χ3n) is 4.81. The molecule has 2 aromatic rings. The van der Waals surface area contributed by atoms with E-state index in [4.69, 9.17) is 0 Å². The second-order valence-electron chi connectivity index (χ2n) is 7.71. The van der Waals surface area contributed by atoms with Crippen molar-refractivity contribution in [3.05, 3.63) is 65.7 Å². The lowest BCUT2D eigenvalue weighted by molar-refractivity contribution is -0.142. The molecule has 2 rings (SSSR count). The number of phenols is 1. The van der Waals surface area contributed by atoms with Gasteiger partial charge in [0, 0.05) is 6.42 Å². The molecule has 31 heavy (non-hydrogen) atoms.